The number of aromatic nitrogens is 1. The van der Waals surface area contributed by atoms with Crippen LogP contribution in [0.3, 0.4) is 0 Å². The molecular weight excluding hydrogens is 336 g/mol. The van der Waals surface area contributed by atoms with Gasteiger partial charge in [-0.25, -0.2) is 4.79 Å². The Kier molecular flexibility index (Phi) is 5.82. The maximum Gasteiger partial charge on any atom is 0.355 e. The molecule has 1 heterocycles. The van der Waals surface area contributed by atoms with E-state index in [9.17, 15) is 14.4 Å². The van der Waals surface area contributed by atoms with Crippen LogP contribution in [-0.4, -0.2) is 35.4 Å². The number of carbonyl (C=O) groups is 3. The van der Waals surface area contributed by atoms with E-state index in [-0.39, 0.29) is 11.5 Å². The maximum atomic E-state index is 12.4. The molecule has 0 aliphatic carbocycles. The zero-order valence-corrected chi connectivity index (χ0v) is 15.5. The van der Waals surface area contributed by atoms with Crippen molar-refractivity contribution in [1.82, 2.24) is 4.57 Å². The van der Waals surface area contributed by atoms with Gasteiger partial charge in [-0.15, -0.1) is 0 Å². The summed E-state index contributed by atoms with van der Waals surface area (Å²) in [7, 11) is 3.14. The molecule has 7 heteroatoms. The number of esters is 1. The fourth-order valence-electron chi connectivity index (χ4n) is 2.39. The van der Waals surface area contributed by atoms with Gasteiger partial charge in [-0.2, -0.15) is 0 Å². The molecule has 0 fully saturated rings. The summed E-state index contributed by atoms with van der Waals surface area (Å²) in [5, 5.41) is 2.69. The summed E-state index contributed by atoms with van der Waals surface area (Å²) in [5.41, 5.74) is 2.05. The molecule has 0 spiro atoms. The van der Waals surface area contributed by atoms with Gasteiger partial charge in [0, 0.05) is 18.8 Å². The van der Waals surface area contributed by atoms with Crippen LogP contribution < -0.4 is 10.1 Å². The molecule has 1 atom stereocenters. The van der Waals surface area contributed by atoms with Gasteiger partial charge in [0.1, 0.15) is 11.4 Å². The number of nitrogens with one attached hydrogen (secondary N) is 1. The van der Waals surface area contributed by atoms with Crippen LogP contribution in [0.2, 0.25) is 0 Å². The molecule has 2 aromatic rings. The van der Waals surface area contributed by atoms with E-state index in [1.807, 2.05) is 13.0 Å². The average Bonchev–Trinajstić information content (AvgIpc) is 2.97. The van der Waals surface area contributed by atoms with E-state index in [1.54, 1.807) is 25.4 Å². The first-order valence-corrected chi connectivity index (χ1v) is 8.06. The Balaban J connectivity index is 2.08. The number of amides is 1. The van der Waals surface area contributed by atoms with Crippen molar-refractivity contribution in [3.8, 4) is 5.75 Å². The zero-order chi connectivity index (χ0) is 19.4. The molecule has 0 radical (unpaired) electrons. The van der Waals surface area contributed by atoms with Crippen molar-refractivity contribution in [1.29, 1.82) is 0 Å². The van der Waals surface area contributed by atoms with Gasteiger partial charge in [0.15, 0.2) is 11.9 Å². The molecule has 26 heavy (non-hydrogen) atoms. The quantitative estimate of drug-likeness (QED) is 0.634. The molecule has 0 aliphatic heterocycles. The van der Waals surface area contributed by atoms with Crippen molar-refractivity contribution in [2.75, 3.05) is 12.4 Å². The van der Waals surface area contributed by atoms with Gasteiger partial charge in [0.2, 0.25) is 0 Å². The van der Waals surface area contributed by atoms with Gasteiger partial charge in [0.05, 0.1) is 12.8 Å². The molecule has 1 amide bonds. The average molecular weight is 358 g/mol. The van der Waals surface area contributed by atoms with Crippen molar-refractivity contribution >= 4 is 23.3 Å². The molecule has 1 aromatic heterocycles. The van der Waals surface area contributed by atoms with Crippen LogP contribution in [0.25, 0.3) is 0 Å². The number of anilines is 1. The second-order valence-electron chi connectivity index (χ2n) is 6.02. The second kappa shape index (κ2) is 7.86. The number of hydrogen-bond acceptors (Lipinski definition) is 5. The summed E-state index contributed by atoms with van der Waals surface area (Å²) < 4.78 is 11.9. The van der Waals surface area contributed by atoms with Crippen molar-refractivity contribution in [2.45, 2.75) is 26.9 Å². The van der Waals surface area contributed by atoms with Crippen molar-refractivity contribution in [2.24, 2.45) is 7.05 Å². The Morgan fingerprint density at radius 3 is 2.46 bits per heavy atom. The molecule has 2 rings (SSSR count). The molecule has 7 nitrogen and oxygen atoms in total. The number of aryl methyl sites for hydroxylation is 2. The van der Waals surface area contributed by atoms with Gasteiger partial charge in [-0.1, -0.05) is 6.07 Å². The second-order valence-corrected chi connectivity index (χ2v) is 6.02. The molecule has 0 saturated heterocycles. The van der Waals surface area contributed by atoms with E-state index in [0.717, 1.165) is 5.56 Å². The first kappa shape index (κ1) is 19.2. The monoisotopic (exact) mass is 358 g/mol. The highest BCUT2D eigenvalue weighted by molar-refractivity contribution is 6.00. The van der Waals surface area contributed by atoms with Crippen LogP contribution in [0, 0.1) is 6.92 Å². The minimum Gasteiger partial charge on any atom is -0.495 e. The Morgan fingerprint density at radius 2 is 1.88 bits per heavy atom. The number of benzene rings is 1. The summed E-state index contributed by atoms with van der Waals surface area (Å²) in [6.07, 6.45) is 0.518. The number of methoxy groups -OCH3 is 1. The molecule has 0 bridgehead atoms. The van der Waals surface area contributed by atoms with Crippen LogP contribution in [-0.2, 0) is 16.6 Å². The van der Waals surface area contributed by atoms with Gasteiger partial charge >= 0.3 is 5.97 Å². The van der Waals surface area contributed by atoms with Crippen LogP contribution in [0.1, 0.15) is 40.3 Å². The lowest BCUT2D eigenvalue weighted by molar-refractivity contribution is -0.123. The highest BCUT2D eigenvalue weighted by atomic mass is 16.5. The SMILES string of the molecule is COc1ccc(C)cc1NC(=O)[C@H](C)OC(=O)c1cc(C(C)=O)cn1C. The van der Waals surface area contributed by atoms with E-state index in [4.69, 9.17) is 9.47 Å². The summed E-state index contributed by atoms with van der Waals surface area (Å²) in [5.74, 6) is -0.810. The van der Waals surface area contributed by atoms with Crippen LogP contribution in [0.4, 0.5) is 5.69 Å². The Morgan fingerprint density at radius 1 is 1.19 bits per heavy atom. The molecule has 0 aliphatic rings. The van der Waals surface area contributed by atoms with E-state index < -0.39 is 18.0 Å². The number of rotatable bonds is 6. The van der Waals surface area contributed by atoms with Crippen LogP contribution in [0.15, 0.2) is 30.5 Å². The molecule has 138 valence electrons. The third-order valence-corrected chi connectivity index (χ3v) is 3.89. The first-order valence-electron chi connectivity index (χ1n) is 8.06. The van der Waals surface area contributed by atoms with E-state index in [1.165, 1.54) is 31.6 Å². The van der Waals surface area contributed by atoms with Crippen LogP contribution in [0.5, 0.6) is 5.75 Å². The highest BCUT2D eigenvalue weighted by Crippen LogP contribution is 2.25. The van der Waals surface area contributed by atoms with Crippen molar-refractivity contribution in [3.63, 3.8) is 0 Å². The number of Topliss-reactive ketones (excluding diaryl/α,β-unsaturated/α-hetero) is 1. The van der Waals surface area contributed by atoms with Gasteiger partial charge < -0.3 is 19.4 Å². The summed E-state index contributed by atoms with van der Waals surface area (Å²) in [6, 6.07) is 6.81. The first-order chi connectivity index (χ1) is 12.2. The Labute approximate surface area is 151 Å². The minimum atomic E-state index is -1.02. The number of hydrogen-bond donors (Lipinski definition) is 1. The van der Waals surface area contributed by atoms with E-state index in [2.05, 4.69) is 5.32 Å². The third kappa shape index (κ3) is 4.30. The van der Waals surface area contributed by atoms with Gasteiger partial charge in [0.25, 0.3) is 5.91 Å². The largest absolute Gasteiger partial charge is 0.495 e. The number of nitrogens with zero attached hydrogens (tertiary/aromatic N) is 1. The summed E-state index contributed by atoms with van der Waals surface area (Å²) >= 11 is 0. The topological polar surface area (TPSA) is 86.6 Å². The molecule has 1 aromatic carbocycles. The van der Waals surface area contributed by atoms with Crippen molar-refractivity contribution < 1.29 is 23.9 Å². The predicted octanol–water partition coefficient (Wildman–Crippen LogP) is 2.73. The number of ether oxygens (including phenoxy) is 2. The van der Waals surface area contributed by atoms with E-state index in [0.29, 0.717) is 17.0 Å². The lowest BCUT2D eigenvalue weighted by Gasteiger charge is -2.15. The Hall–Kier alpha value is -3.09. The normalized spacial score (nSPS) is 11.6. The Bertz CT molecular complexity index is 854. The standard InChI is InChI=1S/C19H22N2O5/c1-11-6-7-17(25-5)15(8-11)20-18(23)13(3)26-19(24)16-9-14(12(2)22)10-21(16)4/h6-10,13H,1-5H3,(H,20,23)/t13-/m0/s1. The predicted molar refractivity (Wildman–Crippen MR) is 96.7 cm³/mol. The highest BCUT2D eigenvalue weighted by Gasteiger charge is 2.22. The fraction of sp³-hybridized carbons (Fsp3) is 0.316. The van der Waals surface area contributed by atoms with Crippen molar-refractivity contribution in [3.05, 3.63) is 47.3 Å². The van der Waals surface area contributed by atoms with Crippen LogP contribution >= 0.6 is 0 Å². The minimum absolute atomic E-state index is 0.156. The summed E-state index contributed by atoms with van der Waals surface area (Å²) in [4.78, 5) is 36.1. The lowest BCUT2D eigenvalue weighted by Crippen LogP contribution is -2.30. The zero-order valence-electron chi connectivity index (χ0n) is 15.5. The molecular formula is C19H22N2O5. The fourth-order valence-corrected chi connectivity index (χ4v) is 2.39. The van der Waals surface area contributed by atoms with E-state index >= 15 is 0 Å². The number of carbonyl (C=O) groups excluding carboxylic acids is 3. The smallest absolute Gasteiger partial charge is 0.355 e. The summed E-state index contributed by atoms with van der Waals surface area (Å²) in [6.45, 7) is 4.78. The lowest BCUT2D eigenvalue weighted by atomic mass is 10.2. The van der Waals surface area contributed by atoms with Gasteiger partial charge in [-0.3, -0.25) is 9.59 Å². The molecule has 1 N–H and O–H groups in total. The molecule has 0 unspecified atom stereocenters. The maximum absolute atomic E-state index is 12.4. The number of ketones is 1. The molecule has 0 saturated carbocycles. The third-order valence-electron chi connectivity index (χ3n) is 3.89. The van der Waals surface area contributed by atoms with Gasteiger partial charge in [-0.05, 0) is 44.5 Å².